The summed E-state index contributed by atoms with van der Waals surface area (Å²) >= 11 is 7.07. The molecule has 10 heteroatoms. The van der Waals surface area contributed by atoms with E-state index in [0.717, 1.165) is 5.69 Å². The van der Waals surface area contributed by atoms with Crippen molar-refractivity contribution in [2.24, 2.45) is 11.3 Å². The Kier molecular flexibility index (Phi) is 5.97. The highest BCUT2D eigenvalue weighted by molar-refractivity contribution is 7.89. The minimum absolute atomic E-state index is 0.0575. The summed E-state index contributed by atoms with van der Waals surface area (Å²) in [7, 11) is -3.70. The van der Waals surface area contributed by atoms with Gasteiger partial charge in [0, 0.05) is 24.5 Å². The topological polar surface area (TPSA) is 96.4 Å². The molecule has 166 valence electrons. The molecule has 7 nitrogen and oxygen atoms in total. The molecule has 0 saturated carbocycles. The average molecular weight is 482 g/mol. The molecule has 1 N–H and O–H groups in total. The molecule has 2 heterocycles. The van der Waals surface area contributed by atoms with Crippen LogP contribution in [0.3, 0.4) is 0 Å². The van der Waals surface area contributed by atoms with Crippen LogP contribution in [0, 0.1) is 11.3 Å². The number of rotatable bonds is 4. The maximum absolute atomic E-state index is 13.0. The van der Waals surface area contributed by atoms with Crippen molar-refractivity contribution < 1.29 is 18.0 Å². The largest absolute Gasteiger partial charge is 0.302 e. The smallest absolute Gasteiger partial charge is 0.243 e. The van der Waals surface area contributed by atoms with Gasteiger partial charge >= 0.3 is 0 Å². The number of amides is 1. The zero-order valence-corrected chi connectivity index (χ0v) is 19.7. The second-order valence-corrected chi connectivity index (χ2v) is 12.3. The summed E-state index contributed by atoms with van der Waals surface area (Å²) in [5.74, 6) is -0.695. The van der Waals surface area contributed by atoms with Crippen LogP contribution in [-0.2, 0) is 21.2 Å². The number of carbonyl (C=O) groups excluding carboxylic acids is 2. The van der Waals surface area contributed by atoms with Gasteiger partial charge in [0.1, 0.15) is 0 Å². The first-order valence-corrected chi connectivity index (χ1v) is 12.8. The number of piperidine rings is 1. The van der Waals surface area contributed by atoms with E-state index in [1.165, 1.54) is 39.9 Å². The SMILES string of the molecule is CC1(C)CC(=O)c2sc(NC(=O)C3CCCN(S(=O)(=O)c4ccc(Cl)cc4)C3)nc2C1. The van der Waals surface area contributed by atoms with Crippen molar-refractivity contribution in [3.05, 3.63) is 39.9 Å². The third-order valence-electron chi connectivity index (χ3n) is 5.67. The molecule has 0 radical (unpaired) electrons. The first-order chi connectivity index (χ1) is 14.5. The lowest BCUT2D eigenvalue weighted by atomic mass is 9.78. The van der Waals surface area contributed by atoms with Crippen molar-refractivity contribution in [2.75, 3.05) is 18.4 Å². The number of carbonyl (C=O) groups is 2. The lowest BCUT2D eigenvalue weighted by Crippen LogP contribution is -2.43. The van der Waals surface area contributed by atoms with Crippen LogP contribution < -0.4 is 5.32 Å². The lowest BCUT2D eigenvalue weighted by molar-refractivity contribution is -0.120. The van der Waals surface area contributed by atoms with E-state index in [2.05, 4.69) is 10.3 Å². The number of sulfonamides is 1. The van der Waals surface area contributed by atoms with Gasteiger partial charge in [0.25, 0.3) is 0 Å². The number of Topliss-reactive ketones (excluding diaryl/α,β-unsaturated/α-hetero) is 1. The standard InChI is InChI=1S/C21H24ClN3O4S2/c1-21(2)10-16-18(17(26)11-21)30-20(23-16)24-19(27)13-4-3-9-25(12-13)31(28,29)15-7-5-14(22)6-8-15/h5-8,13H,3-4,9-12H2,1-2H3,(H,23,24,27). The Morgan fingerprint density at radius 3 is 2.68 bits per heavy atom. The van der Waals surface area contributed by atoms with E-state index in [0.29, 0.717) is 47.3 Å². The number of nitrogens with one attached hydrogen (secondary N) is 1. The summed E-state index contributed by atoms with van der Waals surface area (Å²) in [6, 6.07) is 6.02. The van der Waals surface area contributed by atoms with Gasteiger partial charge in [0.05, 0.1) is 21.4 Å². The van der Waals surface area contributed by atoms with Crippen LogP contribution in [0.5, 0.6) is 0 Å². The summed E-state index contributed by atoms with van der Waals surface area (Å²) in [5.41, 5.74) is 0.594. The maximum atomic E-state index is 13.0. The molecular formula is C21H24ClN3O4S2. The number of thiazole rings is 1. The minimum Gasteiger partial charge on any atom is -0.302 e. The molecule has 1 fully saturated rings. The molecule has 1 aliphatic heterocycles. The molecule has 1 aromatic carbocycles. The Hall–Kier alpha value is -1.81. The summed E-state index contributed by atoms with van der Waals surface area (Å²) < 4.78 is 27.3. The van der Waals surface area contributed by atoms with E-state index >= 15 is 0 Å². The fourth-order valence-corrected chi connectivity index (χ4v) is 6.68. The molecule has 1 atom stereocenters. The number of aromatic nitrogens is 1. The Labute approximate surface area is 190 Å². The fourth-order valence-electron chi connectivity index (χ4n) is 4.11. The first kappa shape index (κ1) is 22.4. The van der Waals surface area contributed by atoms with Gasteiger partial charge in [-0.05, 0) is 48.9 Å². The van der Waals surface area contributed by atoms with E-state index in [1.807, 2.05) is 13.8 Å². The monoisotopic (exact) mass is 481 g/mol. The number of fused-ring (bicyclic) bond motifs is 1. The van der Waals surface area contributed by atoms with E-state index < -0.39 is 15.9 Å². The Morgan fingerprint density at radius 1 is 1.26 bits per heavy atom. The quantitative estimate of drug-likeness (QED) is 0.712. The molecule has 1 amide bonds. The Balaban J connectivity index is 1.46. The third-order valence-corrected chi connectivity index (χ3v) is 8.86. The van der Waals surface area contributed by atoms with Gasteiger partial charge in [-0.2, -0.15) is 4.31 Å². The summed E-state index contributed by atoms with van der Waals surface area (Å²) in [6.45, 7) is 4.53. The minimum atomic E-state index is -3.70. The van der Waals surface area contributed by atoms with Crippen molar-refractivity contribution in [3.8, 4) is 0 Å². The molecule has 1 aromatic heterocycles. The van der Waals surface area contributed by atoms with E-state index in [-0.39, 0.29) is 28.5 Å². The van der Waals surface area contributed by atoms with Crippen molar-refractivity contribution in [3.63, 3.8) is 0 Å². The van der Waals surface area contributed by atoms with Crippen molar-refractivity contribution in [2.45, 2.75) is 44.4 Å². The molecule has 2 aromatic rings. The molecule has 2 aliphatic rings. The number of ketones is 1. The van der Waals surface area contributed by atoms with Gasteiger partial charge in [-0.1, -0.05) is 36.8 Å². The zero-order valence-electron chi connectivity index (χ0n) is 17.4. The highest BCUT2D eigenvalue weighted by Crippen LogP contribution is 2.38. The van der Waals surface area contributed by atoms with Gasteiger partial charge in [-0.3, -0.25) is 9.59 Å². The number of anilines is 1. The molecule has 0 bridgehead atoms. The summed E-state index contributed by atoms with van der Waals surface area (Å²) in [4.78, 5) is 30.5. The van der Waals surface area contributed by atoms with E-state index in [4.69, 9.17) is 11.6 Å². The van der Waals surface area contributed by atoms with Gasteiger partial charge in [0.2, 0.25) is 15.9 Å². The highest BCUT2D eigenvalue weighted by Gasteiger charge is 2.36. The Bertz CT molecular complexity index is 1130. The number of nitrogens with zero attached hydrogens (tertiary/aromatic N) is 2. The zero-order chi connectivity index (χ0) is 22.4. The molecule has 31 heavy (non-hydrogen) atoms. The van der Waals surface area contributed by atoms with Crippen LogP contribution in [0.4, 0.5) is 5.13 Å². The number of halogens is 1. The van der Waals surface area contributed by atoms with E-state index in [1.54, 1.807) is 0 Å². The third kappa shape index (κ3) is 4.69. The van der Waals surface area contributed by atoms with Gasteiger partial charge in [-0.25, -0.2) is 13.4 Å². The molecular weight excluding hydrogens is 458 g/mol. The molecule has 1 saturated heterocycles. The van der Waals surface area contributed by atoms with Crippen LogP contribution in [0.15, 0.2) is 29.2 Å². The van der Waals surface area contributed by atoms with Crippen molar-refractivity contribution in [1.82, 2.24) is 9.29 Å². The van der Waals surface area contributed by atoms with Crippen LogP contribution >= 0.6 is 22.9 Å². The lowest BCUT2D eigenvalue weighted by Gasteiger charge is -2.31. The van der Waals surface area contributed by atoms with Crippen LogP contribution in [0.25, 0.3) is 0 Å². The number of benzene rings is 1. The predicted octanol–water partition coefficient (Wildman–Crippen LogP) is 3.99. The normalized spacial score (nSPS) is 21.5. The number of hydrogen-bond donors (Lipinski definition) is 1. The molecule has 1 aliphatic carbocycles. The number of hydrogen-bond acceptors (Lipinski definition) is 6. The molecule has 0 spiro atoms. The second-order valence-electron chi connectivity index (χ2n) is 8.88. The molecule has 4 rings (SSSR count). The highest BCUT2D eigenvalue weighted by atomic mass is 35.5. The van der Waals surface area contributed by atoms with Crippen LogP contribution in [0.2, 0.25) is 5.02 Å². The van der Waals surface area contributed by atoms with Gasteiger partial charge < -0.3 is 5.32 Å². The van der Waals surface area contributed by atoms with E-state index in [9.17, 15) is 18.0 Å². The average Bonchev–Trinajstić information content (AvgIpc) is 3.09. The predicted molar refractivity (Wildman–Crippen MR) is 120 cm³/mol. The second kappa shape index (κ2) is 8.27. The molecule has 1 unspecified atom stereocenters. The maximum Gasteiger partial charge on any atom is 0.243 e. The van der Waals surface area contributed by atoms with Crippen molar-refractivity contribution >= 4 is 49.8 Å². The fraction of sp³-hybridized carbons (Fsp3) is 0.476. The first-order valence-electron chi connectivity index (χ1n) is 10.1. The van der Waals surface area contributed by atoms with Crippen molar-refractivity contribution in [1.29, 1.82) is 0 Å². The van der Waals surface area contributed by atoms with Crippen LogP contribution in [-0.4, -0.2) is 42.5 Å². The summed E-state index contributed by atoms with van der Waals surface area (Å²) in [6.07, 6.45) is 2.34. The van der Waals surface area contributed by atoms with Crippen LogP contribution in [0.1, 0.15) is 48.5 Å². The van der Waals surface area contributed by atoms with Gasteiger partial charge in [0.15, 0.2) is 10.9 Å². The van der Waals surface area contributed by atoms with Gasteiger partial charge in [-0.15, -0.1) is 0 Å². The Morgan fingerprint density at radius 2 is 1.97 bits per heavy atom. The summed E-state index contributed by atoms with van der Waals surface area (Å²) in [5, 5.41) is 3.68.